The number of pyridine rings is 1. The maximum absolute atomic E-state index is 13.6. The van der Waals surface area contributed by atoms with E-state index in [9.17, 15) is 9.59 Å². The highest BCUT2D eigenvalue weighted by Gasteiger charge is 2.38. The second-order valence-electron chi connectivity index (χ2n) is 8.48. The number of rotatable bonds is 3. The van der Waals surface area contributed by atoms with Gasteiger partial charge in [-0.1, -0.05) is 19.0 Å². The van der Waals surface area contributed by atoms with Gasteiger partial charge in [0.05, 0.1) is 16.6 Å². The smallest absolute Gasteiger partial charge is 0.259 e. The number of piperazine rings is 1. The van der Waals surface area contributed by atoms with Gasteiger partial charge in [-0.15, -0.1) is 0 Å². The third-order valence-electron chi connectivity index (χ3n) is 6.07. The number of amides is 2. The number of likely N-dealkylation sites (tertiary alicyclic amines) is 1. The number of carbonyl (C=O) groups is 2. The predicted molar refractivity (Wildman–Crippen MR) is 109 cm³/mol. The highest BCUT2D eigenvalue weighted by Crippen LogP contribution is 2.29. The molecule has 29 heavy (non-hydrogen) atoms. The fourth-order valence-electron chi connectivity index (χ4n) is 4.24. The molecule has 2 aromatic heterocycles. The van der Waals surface area contributed by atoms with Crippen LogP contribution in [0.1, 0.15) is 54.4 Å². The fraction of sp³-hybridized carbons (Fsp3) is 0.619. The van der Waals surface area contributed by atoms with Gasteiger partial charge in [0.2, 0.25) is 5.91 Å². The van der Waals surface area contributed by atoms with Crippen LogP contribution in [0.5, 0.6) is 0 Å². The molecule has 0 radical (unpaired) electrons. The maximum Gasteiger partial charge on any atom is 0.259 e. The molecule has 1 atom stereocenters. The summed E-state index contributed by atoms with van der Waals surface area (Å²) in [5, 5.41) is 4.66. The van der Waals surface area contributed by atoms with Gasteiger partial charge in [0, 0.05) is 38.4 Å². The van der Waals surface area contributed by atoms with Crippen molar-refractivity contribution in [2.24, 2.45) is 0 Å². The summed E-state index contributed by atoms with van der Waals surface area (Å²) in [6.07, 6.45) is 1.55. The first-order chi connectivity index (χ1) is 13.9. The molecule has 2 aliphatic rings. The van der Waals surface area contributed by atoms with Crippen molar-refractivity contribution in [2.75, 3.05) is 39.8 Å². The Labute approximate surface area is 170 Å². The van der Waals surface area contributed by atoms with Crippen LogP contribution in [0.3, 0.4) is 0 Å². The van der Waals surface area contributed by atoms with Crippen molar-refractivity contribution in [2.45, 2.75) is 45.6 Å². The van der Waals surface area contributed by atoms with Crippen LogP contribution in [0.25, 0.3) is 11.1 Å². The SMILES string of the molecule is Cc1noc2nc(C(C)C)cc(C(=O)N3CCCC3C(=O)N3CCN(C)CC3)c12. The third-order valence-corrected chi connectivity index (χ3v) is 6.07. The molecule has 0 N–H and O–H groups in total. The molecule has 4 heterocycles. The Balaban J connectivity index is 1.65. The van der Waals surface area contributed by atoms with Crippen LogP contribution in [-0.2, 0) is 4.79 Å². The lowest BCUT2D eigenvalue weighted by Gasteiger charge is -2.36. The number of fused-ring (bicyclic) bond motifs is 1. The predicted octanol–water partition coefficient (Wildman–Crippen LogP) is 2.03. The number of carbonyl (C=O) groups excluding carboxylic acids is 2. The number of aryl methyl sites for hydroxylation is 1. The number of aromatic nitrogens is 2. The second kappa shape index (κ2) is 7.74. The Kier molecular flexibility index (Phi) is 5.29. The summed E-state index contributed by atoms with van der Waals surface area (Å²) >= 11 is 0. The molecule has 2 amide bonds. The van der Waals surface area contributed by atoms with E-state index in [-0.39, 0.29) is 17.7 Å². The van der Waals surface area contributed by atoms with Gasteiger partial charge >= 0.3 is 0 Å². The topological polar surface area (TPSA) is 82.8 Å². The van der Waals surface area contributed by atoms with Crippen molar-refractivity contribution in [1.82, 2.24) is 24.8 Å². The molecule has 4 rings (SSSR count). The van der Waals surface area contributed by atoms with Crippen LogP contribution < -0.4 is 0 Å². The van der Waals surface area contributed by atoms with Gasteiger partial charge in [-0.25, -0.2) is 4.98 Å². The highest BCUT2D eigenvalue weighted by molar-refractivity contribution is 6.07. The first-order valence-electron chi connectivity index (χ1n) is 10.4. The molecule has 2 fully saturated rings. The fourth-order valence-corrected chi connectivity index (χ4v) is 4.24. The third kappa shape index (κ3) is 3.61. The summed E-state index contributed by atoms with van der Waals surface area (Å²) in [6, 6.07) is 1.45. The van der Waals surface area contributed by atoms with Crippen LogP contribution in [0, 0.1) is 6.92 Å². The van der Waals surface area contributed by atoms with Crippen molar-refractivity contribution in [1.29, 1.82) is 0 Å². The second-order valence-corrected chi connectivity index (χ2v) is 8.48. The van der Waals surface area contributed by atoms with Crippen molar-refractivity contribution in [3.8, 4) is 0 Å². The van der Waals surface area contributed by atoms with Crippen molar-refractivity contribution in [3.63, 3.8) is 0 Å². The van der Waals surface area contributed by atoms with Gasteiger partial charge in [0.15, 0.2) is 0 Å². The van der Waals surface area contributed by atoms with E-state index in [1.54, 1.807) is 4.90 Å². The van der Waals surface area contributed by atoms with E-state index in [0.29, 0.717) is 35.3 Å². The van der Waals surface area contributed by atoms with Gasteiger partial charge in [-0.3, -0.25) is 9.59 Å². The molecule has 0 spiro atoms. The van der Waals surface area contributed by atoms with Crippen molar-refractivity contribution < 1.29 is 14.1 Å². The Morgan fingerprint density at radius 1 is 1.17 bits per heavy atom. The van der Waals surface area contributed by atoms with E-state index in [0.717, 1.165) is 38.3 Å². The highest BCUT2D eigenvalue weighted by atomic mass is 16.5. The minimum Gasteiger partial charge on any atom is -0.338 e. The molecule has 8 nitrogen and oxygen atoms in total. The van der Waals surface area contributed by atoms with Gasteiger partial charge in [-0.05, 0) is 38.8 Å². The van der Waals surface area contributed by atoms with E-state index in [4.69, 9.17) is 4.52 Å². The Morgan fingerprint density at radius 3 is 2.59 bits per heavy atom. The lowest BCUT2D eigenvalue weighted by Crippen LogP contribution is -2.53. The first-order valence-corrected chi connectivity index (χ1v) is 10.4. The zero-order valence-corrected chi connectivity index (χ0v) is 17.6. The largest absolute Gasteiger partial charge is 0.338 e. The quantitative estimate of drug-likeness (QED) is 0.785. The molecule has 1 unspecified atom stereocenters. The summed E-state index contributed by atoms with van der Waals surface area (Å²) in [5.74, 6) is 0.0913. The lowest BCUT2D eigenvalue weighted by molar-refractivity contribution is -0.136. The lowest BCUT2D eigenvalue weighted by atomic mass is 10.0. The molecule has 0 bridgehead atoms. The molecule has 2 saturated heterocycles. The average molecular weight is 399 g/mol. The Bertz CT molecular complexity index is 930. The van der Waals surface area contributed by atoms with Crippen molar-refractivity contribution in [3.05, 3.63) is 23.0 Å². The van der Waals surface area contributed by atoms with Crippen LogP contribution in [0.2, 0.25) is 0 Å². The minimum atomic E-state index is -0.392. The molecule has 0 aromatic carbocycles. The van der Waals surface area contributed by atoms with Crippen LogP contribution in [0.4, 0.5) is 0 Å². The van der Waals surface area contributed by atoms with E-state index in [1.165, 1.54) is 0 Å². The molecule has 2 aliphatic heterocycles. The van der Waals surface area contributed by atoms with Crippen LogP contribution in [0.15, 0.2) is 10.6 Å². The van der Waals surface area contributed by atoms with Gasteiger partial charge in [0.25, 0.3) is 11.6 Å². The van der Waals surface area contributed by atoms with E-state index in [2.05, 4.69) is 22.1 Å². The van der Waals surface area contributed by atoms with Crippen molar-refractivity contribution >= 4 is 22.9 Å². The first kappa shape index (κ1) is 19.8. The normalized spacial score (nSPS) is 20.8. The monoisotopic (exact) mass is 399 g/mol. The van der Waals surface area contributed by atoms with Gasteiger partial charge in [-0.2, -0.15) is 0 Å². The zero-order valence-electron chi connectivity index (χ0n) is 17.6. The van der Waals surface area contributed by atoms with Crippen LogP contribution >= 0.6 is 0 Å². The number of nitrogens with zero attached hydrogens (tertiary/aromatic N) is 5. The number of likely N-dealkylation sites (N-methyl/N-ethyl adjacent to an activating group) is 1. The van der Waals surface area contributed by atoms with E-state index in [1.807, 2.05) is 31.7 Å². The molecule has 0 aliphatic carbocycles. The summed E-state index contributed by atoms with van der Waals surface area (Å²) < 4.78 is 5.36. The average Bonchev–Trinajstić information content (AvgIpc) is 3.34. The van der Waals surface area contributed by atoms with Gasteiger partial charge < -0.3 is 19.2 Å². The summed E-state index contributed by atoms with van der Waals surface area (Å²) in [5.41, 5.74) is 2.36. The molecule has 156 valence electrons. The van der Waals surface area contributed by atoms with E-state index >= 15 is 0 Å². The molecular weight excluding hydrogens is 370 g/mol. The Hall–Kier alpha value is -2.48. The summed E-state index contributed by atoms with van der Waals surface area (Å²) in [4.78, 5) is 37.2. The van der Waals surface area contributed by atoms with Gasteiger partial charge in [0.1, 0.15) is 6.04 Å². The number of hydrogen-bond acceptors (Lipinski definition) is 6. The summed E-state index contributed by atoms with van der Waals surface area (Å²) in [7, 11) is 2.06. The van der Waals surface area contributed by atoms with E-state index < -0.39 is 6.04 Å². The zero-order chi connectivity index (χ0) is 20.7. The molecular formula is C21H29N5O3. The molecule has 0 saturated carbocycles. The Morgan fingerprint density at radius 2 is 1.90 bits per heavy atom. The molecule has 8 heteroatoms. The van der Waals surface area contributed by atoms with Crippen LogP contribution in [-0.4, -0.2) is 82.5 Å². The number of hydrogen-bond donors (Lipinski definition) is 0. The minimum absolute atomic E-state index is 0.0698. The summed E-state index contributed by atoms with van der Waals surface area (Å²) in [6.45, 7) is 9.64. The maximum atomic E-state index is 13.6. The molecule has 2 aromatic rings. The standard InChI is InChI=1S/C21H29N5O3/c1-13(2)16-12-15(18-14(3)23-29-19(18)22-16)20(27)26-7-5-6-17(26)21(28)25-10-8-24(4)9-11-25/h12-13,17H,5-11H2,1-4H3.